The molecule has 0 amide bonds. The number of nitrogens with zero attached hydrogens (tertiary/aromatic N) is 4. The molecule has 2 aromatic heterocycles. The van der Waals surface area contributed by atoms with E-state index in [1.165, 1.54) is 5.56 Å². The van der Waals surface area contributed by atoms with Gasteiger partial charge in [-0.15, -0.1) is 0 Å². The van der Waals surface area contributed by atoms with E-state index in [0.29, 0.717) is 5.92 Å². The Kier molecular flexibility index (Phi) is 5.06. The number of hydrogen-bond donors (Lipinski definition) is 1. The highest BCUT2D eigenvalue weighted by Gasteiger charge is 2.24. The first-order valence-corrected chi connectivity index (χ1v) is 10.3. The molecule has 0 saturated carbocycles. The molecule has 6 heteroatoms. The lowest BCUT2D eigenvalue weighted by Gasteiger charge is -2.32. The van der Waals surface area contributed by atoms with Crippen LogP contribution < -0.4 is 4.90 Å². The van der Waals surface area contributed by atoms with Gasteiger partial charge in [-0.3, -0.25) is 0 Å². The Morgan fingerprint density at radius 2 is 1.68 bits per heavy atom. The Bertz CT molecular complexity index is 1010. The molecule has 1 N–H and O–H groups in total. The van der Waals surface area contributed by atoms with Crippen LogP contribution in [0.2, 0.25) is 5.02 Å². The quantitative estimate of drug-likeness (QED) is 0.704. The summed E-state index contributed by atoms with van der Waals surface area (Å²) >= 11 is 6.25. The van der Waals surface area contributed by atoms with Gasteiger partial charge in [0, 0.05) is 30.9 Å². The molecule has 1 fully saturated rings. The lowest BCUT2D eigenvalue weighted by atomic mass is 9.98. The second-order valence-corrected chi connectivity index (χ2v) is 8.41. The van der Waals surface area contributed by atoms with Gasteiger partial charge >= 0.3 is 0 Å². The molecule has 5 nitrogen and oxygen atoms in total. The monoisotopic (exact) mass is 398 g/mol. The predicted octanol–water partition coefficient (Wildman–Crippen LogP) is 4.52. The Balaban J connectivity index is 1.88. The maximum atomic E-state index is 9.45. The van der Waals surface area contributed by atoms with E-state index in [-0.39, 0.29) is 6.61 Å². The molecule has 3 aromatic rings. The predicted molar refractivity (Wildman–Crippen MR) is 115 cm³/mol. The molecule has 148 valence electrons. The van der Waals surface area contributed by atoms with Crippen molar-refractivity contribution >= 4 is 28.5 Å². The second kappa shape index (κ2) is 7.37. The van der Waals surface area contributed by atoms with Crippen LogP contribution in [0.1, 0.15) is 35.4 Å². The summed E-state index contributed by atoms with van der Waals surface area (Å²) in [7, 11) is 0. The Morgan fingerprint density at radius 3 is 2.29 bits per heavy atom. The first-order chi connectivity index (χ1) is 13.4. The number of fused-ring (bicyclic) bond motifs is 1. The zero-order valence-electron chi connectivity index (χ0n) is 17.0. The Hall–Kier alpha value is -2.11. The van der Waals surface area contributed by atoms with Crippen molar-refractivity contribution in [3.05, 3.63) is 45.9 Å². The van der Waals surface area contributed by atoms with Crippen molar-refractivity contribution in [2.24, 2.45) is 5.92 Å². The van der Waals surface area contributed by atoms with Crippen LogP contribution in [0.3, 0.4) is 0 Å². The number of benzene rings is 1. The van der Waals surface area contributed by atoms with E-state index >= 15 is 0 Å². The van der Waals surface area contributed by atoms with Gasteiger partial charge in [-0.1, -0.05) is 11.6 Å². The zero-order chi connectivity index (χ0) is 20.0. The summed E-state index contributed by atoms with van der Waals surface area (Å²) in [6, 6.07) is 4.00. The molecule has 0 spiro atoms. The Morgan fingerprint density at radius 1 is 1.04 bits per heavy atom. The molecule has 3 heterocycles. The van der Waals surface area contributed by atoms with Gasteiger partial charge in [0.1, 0.15) is 11.6 Å². The molecular weight excluding hydrogens is 372 g/mol. The molecule has 0 radical (unpaired) electrons. The summed E-state index contributed by atoms with van der Waals surface area (Å²) in [6.45, 7) is 10.4. The van der Waals surface area contributed by atoms with Gasteiger partial charge in [-0.25, -0.2) is 9.97 Å². The van der Waals surface area contributed by atoms with Crippen LogP contribution >= 0.6 is 11.6 Å². The maximum absolute atomic E-state index is 9.45. The molecule has 0 unspecified atom stereocenters. The fraction of sp³-hybridized carbons (Fsp3) is 0.455. The summed E-state index contributed by atoms with van der Waals surface area (Å²) in [6.07, 6.45) is 4.15. The number of piperidine rings is 1. The number of anilines is 1. The number of aliphatic hydroxyl groups is 1. The number of aliphatic hydroxyl groups excluding tert-OH is 1. The molecule has 0 aliphatic carbocycles. The van der Waals surface area contributed by atoms with E-state index in [0.717, 1.165) is 70.4 Å². The zero-order valence-corrected chi connectivity index (χ0v) is 17.7. The van der Waals surface area contributed by atoms with E-state index in [1.54, 1.807) is 0 Å². The van der Waals surface area contributed by atoms with Crippen LogP contribution in [-0.2, 0) is 0 Å². The van der Waals surface area contributed by atoms with Gasteiger partial charge in [0.2, 0.25) is 0 Å². The maximum Gasteiger partial charge on any atom is 0.150 e. The molecule has 0 bridgehead atoms. The number of halogens is 1. The number of rotatable bonds is 3. The third-order valence-corrected chi connectivity index (χ3v) is 6.02. The third kappa shape index (κ3) is 3.27. The van der Waals surface area contributed by atoms with Crippen LogP contribution in [0, 0.1) is 33.6 Å². The fourth-order valence-electron chi connectivity index (χ4n) is 4.40. The van der Waals surface area contributed by atoms with Gasteiger partial charge in [0.25, 0.3) is 0 Å². The van der Waals surface area contributed by atoms with Crippen molar-refractivity contribution in [1.29, 1.82) is 0 Å². The van der Waals surface area contributed by atoms with Crippen LogP contribution in [0.25, 0.3) is 16.7 Å². The summed E-state index contributed by atoms with van der Waals surface area (Å²) < 4.78 is 2.18. The molecule has 28 heavy (non-hydrogen) atoms. The highest BCUT2D eigenvalue weighted by molar-refractivity contribution is 6.30. The van der Waals surface area contributed by atoms with Crippen molar-refractivity contribution in [1.82, 2.24) is 14.5 Å². The third-order valence-electron chi connectivity index (χ3n) is 5.80. The lowest BCUT2D eigenvalue weighted by Crippen LogP contribution is -2.35. The number of aromatic nitrogens is 3. The van der Waals surface area contributed by atoms with Crippen molar-refractivity contribution < 1.29 is 5.11 Å². The second-order valence-electron chi connectivity index (χ2n) is 7.98. The number of hydrogen-bond acceptors (Lipinski definition) is 4. The normalized spacial score (nSPS) is 15.6. The molecular formula is C22H27ClN4O. The van der Waals surface area contributed by atoms with Gasteiger partial charge in [-0.05, 0) is 75.3 Å². The summed E-state index contributed by atoms with van der Waals surface area (Å²) in [5, 5.41) is 11.3. The van der Waals surface area contributed by atoms with Gasteiger partial charge < -0.3 is 14.6 Å². The largest absolute Gasteiger partial charge is 0.396 e. The molecule has 1 aromatic carbocycles. The van der Waals surface area contributed by atoms with Crippen LogP contribution in [0.15, 0.2) is 18.3 Å². The van der Waals surface area contributed by atoms with Gasteiger partial charge in [0.05, 0.1) is 11.1 Å². The van der Waals surface area contributed by atoms with E-state index in [2.05, 4.69) is 36.4 Å². The highest BCUT2D eigenvalue weighted by atomic mass is 35.5. The van der Waals surface area contributed by atoms with Crippen molar-refractivity contribution in [3.63, 3.8) is 0 Å². The minimum Gasteiger partial charge on any atom is -0.396 e. The standard InChI is InChI=1S/C22H27ClN4O/c1-13-9-18(23)10-14(2)20(13)27-11-15(3)19-21(24-16(4)25-22(19)27)26-7-5-17(12-28)6-8-26/h9-11,17,28H,5-8,12H2,1-4H3. The molecule has 4 rings (SSSR count). The SMILES string of the molecule is Cc1nc(N2CCC(CO)CC2)c2c(C)cn(-c3c(C)cc(Cl)cc3C)c2n1. The van der Waals surface area contributed by atoms with E-state index in [4.69, 9.17) is 21.6 Å². The molecule has 1 aliphatic rings. The van der Waals surface area contributed by atoms with Gasteiger partial charge in [0.15, 0.2) is 5.65 Å². The average Bonchev–Trinajstić information content (AvgIpc) is 2.96. The van der Waals surface area contributed by atoms with Crippen LogP contribution in [-0.4, -0.2) is 39.3 Å². The number of aryl methyl sites for hydroxylation is 4. The smallest absolute Gasteiger partial charge is 0.150 e. The van der Waals surface area contributed by atoms with E-state index in [9.17, 15) is 5.11 Å². The fourth-order valence-corrected chi connectivity index (χ4v) is 4.73. The molecule has 1 saturated heterocycles. The Labute approximate surface area is 171 Å². The van der Waals surface area contributed by atoms with Crippen LogP contribution in [0.4, 0.5) is 5.82 Å². The van der Waals surface area contributed by atoms with E-state index < -0.39 is 0 Å². The average molecular weight is 399 g/mol. The van der Waals surface area contributed by atoms with Gasteiger partial charge in [-0.2, -0.15) is 0 Å². The topological polar surface area (TPSA) is 54.2 Å². The van der Waals surface area contributed by atoms with Crippen molar-refractivity contribution in [3.8, 4) is 5.69 Å². The molecule has 1 aliphatic heterocycles. The first kappa shape index (κ1) is 19.2. The molecule has 0 atom stereocenters. The van der Waals surface area contributed by atoms with Crippen molar-refractivity contribution in [2.45, 2.75) is 40.5 Å². The summed E-state index contributed by atoms with van der Waals surface area (Å²) in [5.74, 6) is 2.19. The lowest BCUT2D eigenvalue weighted by molar-refractivity contribution is 0.203. The van der Waals surface area contributed by atoms with Crippen molar-refractivity contribution in [2.75, 3.05) is 24.6 Å². The highest BCUT2D eigenvalue weighted by Crippen LogP contribution is 2.34. The first-order valence-electron chi connectivity index (χ1n) is 9.88. The minimum atomic E-state index is 0.274. The summed E-state index contributed by atoms with van der Waals surface area (Å²) in [5.41, 5.74) is 5.50. The summed E-state index contributed by atoms with van der Waals surface area (Å²) in [4.78, 5) is 12.0. The minimum absolute atomic E-state index is 0.274. The van der Waals surface area contributed by atoms with E-state index in [1.807, 2.05) is 19.1 Å². The van der Waals surface area contributed by atoms with Crippen LogP contribution in [0.5, 0.6) is 0 Å².